The van der Waals surface area contributed by atoms with Crippen molar-refractivity contribution in [1.82, 2.24) is 9.80 Å². The van der Waals surface area contributed by atoms with Crippen molar-refractivity contribution in [2.75, 3.05) is 40.3 Å². The average Bonchev–Trinajstić information content (AvgIpc) is 2.96. The van der Waals surface area contributed by atoms with E-state index in [1.165, 1.54) is 58.3 Å². The van der Waals surface area contributed by atoms with Gasteiger partial charge in [-0.1, -0.05) is 13.8 Å². The van der Waals surface area contributed by atoms with Crippen LogP contribution in [0, 0.1) is 22.7 Å². The highest BCUT2D eigenvalue weighted by Gasteiger charge is 2.66. The fourth-order valence-electron chi connectivity index (χ4n) is 5.23. The largest absolute Gasteiger partial charge is 0.306 e. The van der Waals surface area contributed by atoms with Crippen molar-refractivity contribution in [2.24, 2.45) is 22.7 Å². The van der Waals surface area contributed by atoms with Gasteiger partial charge in [0.15, 0.2) is 0 Å². The third-order valence-corrected chi connectivity index (χ3v) is 7.15. The quantitative estimate of drug-likeness (QED) is 0.756. The predicted octanol–water partition coefficient (Wildman–Crippen LogP) is 3.09. The number of piperidine rings is 2. The minimum atomic E-state index is 0.662. The molecule has 2 heterocycles. The molecule has 0 aromatic carbocycles. The van der Waals surface area contributed by atoms with Crippen molar-refractivity contribution in [1.29, 1.82) is 0 Å². The third kappa shape index (κ3) is 2.25. The molecule has 0 bridgehead atoms. The Bertz CT molecular complexity index is 294. The maximum atomic E-state index is 2.61. The summed E-state index contributed by atoms with van der Waals surface area (Å²) in [6.07, 6.45) is 7.26. The Balaban J connectivity index is 1.64. The summed E-state index contributed by atoms with van der Waals surface area (Å²) in [7, 11) is 4.56. The van der Waals surface area contributed by atoms with Crippen LogP contribution in [0.4, 0.5) is 0 Å². The van der Waals surface area contributed by atoms with Crippen LogP contribution in [-0.2, 0) is 0 Å². The molecule has 1 saturated carbocycles. The van der Waals surface area contributed by atoms with Crippen molar-refractivity contribution in [2.45, 2.75) is 46.0 Å². The summed E-state index contributed by atoms with van der Waals surface area (Å²) >= 11 is 0. The second-order valence-electron chi connectivity index (χ2n) is 8.17. The van der Waals surface area contributed by atoms with E-state index in [-0.39, 0.29) is 0 Å². The van der Waals surface area contributed by atoms with Gasteiger partial charge in [0, 0.05) is 0 Å². The molecule has 2 atom stereocenters. The Morgan fingerprint density at radius 3 is 1.32 bits per heavy atom. The maximum absolute atomic E-state index is 2.61. The summed E-state index contributed by atoms with van der Waals surface area (Å²) in [6, 6.07) is 0. The van der Waals surface area contributed by atoms with E-state index in [0.29, 0.717) is 10.8 Å². The van der Waals surface area contributed by atoms with Crippen LogP contribution in [0.2, 0.25) is 0 Å². The van der Waals surface area contributed by atoms with Crippen LogP contribution < -0.4 is 0 Å². The first kappa shape index (κ1) is 13.9. The minimum absolute atomic E-state index is 0.662. The van der Waals surface area contributed by atoms with E-state index in [9.17, 15) is 0 Å². The number of hydrogen-bond acceptors (Lipinski definition) is 2. The molecule has 2 heteroatoms. The maximum Gasteiger partial charge on any atom is -0.00189 e. The van der Waals surface area contributed by atoms with Gasteiger partial charge in [-0.25, -0.2) is 0 Å². The SMILES string of the molecule is CN1CCC(C2(C)CC2(C)C2CCN(C)CC2)CC1. The topological polar surface area (TPSA) is 6.48 Å². The fraction of sp³-hybridized carbons (Fsp3) is 1.00. The second kappa shape index (κ2) is 4.73. The summed E-state index contributed by atoms with van der Waals surface area (Å²) in [6.45, 7) is 10.5. The Labute approximate surface area is 119 Å². The number of nitrogens with zero attached hydrogens (tertiary/aromatic N) is 2. The van der Waals surface area contributed by atoms with Gasteiger partial charge in [-0.2, -0.15) is 0 Å². The lowest BCUT2D eigenvalue weighted by atomic mass is 9.71. The standard InChI is InChI=1S/C17H32N2/c1-16(14-5-9-18(3)10-6-14)13-17(16,2)15-7-11-19(4)12-8-15/h14-15H,5-13H2,1-4H3. The molecule has 3 rings (SSSR count). The zero-order valence-corrected chi connectivity index (χ0v) is 13.4. The molecule has 2 aliphatic heterocycles. The second-order valence-corrected chi connectivity index (χ2v) is 8.17. The highest BCUT2D eigenvalue weighted by molar-refractivity contribution is 5.15. The first-order valence-corrected chi connectivity index (χ1v) is 8.33. The van der Waals surface area contributed by atoms with E-state index in [1.807, 2.05) is 0 Å². The summed E-state index contributed by atoms with van der Waals surface area (Å²) in [5.41, 5.74) is 1.32. The molecule has 0 spiro atoms. The lowest BCUT2D eigenvalue weighted by Gasteiger charge is -2.40. The monoisotopic (exact) mass is 264 g/mol. The first-order valence-electron chi connectivity index (χ1n) is 8.33. The minimum Gasteiger partial charge on any atom is -0.306 e. The van der Waals surface area contributed by atoms with Crippen LogP contribution in [0.15, 0.2) is 0 Å². The van der Waals surface area contributed by atoms with Gasteiger partial charge < -0.3 is 9.80 Å². The molecule has 3 fully saturated rings. The van der Waals surface area contributed by atoms with Crippen LogP contribution >= 0.6 is 0 Å². The van der Waals surface area contributed by atoms with Gasteiger partial charge in [-0.15, -0.1) is 0 Å². The van der Waals surface area contributed by atoms with Gasteiger partial charge >= 0.3 is 0 Å². The normalized spacial score (nSPS) is 43.6. The van der Waals surface area contributed by atoms with E-state index >= 15 is 0 Å². The van der Waals surface area contributed by atoms with Crippen molar-refractivity contribution in [3.63, 3.8) is 0 Å². The van der Waals surface area contributed by atoms with Gasteiger partial charge in [0.1, 0.15) is 0 Å². The molecule has 110 valence electrons. The van der Waals surface area contributed by atoms with Crippen LogP contribution in [0.25, 0.3) is 0 Å². The molecule has 0 aromatic heterocycles. The van der Waals surface area contributed by atoms with E-state index < -0.39 is 0 Å². The van der Waals surface area contributed by atoms with Gasteiger partial charge in [0.05, 0.1) is 0 Å². The summed E-state index contributed by atoms with van der Waals surface area (Å²) < 4.78 is 0. The van der Waals surface area contributed by atoms with Crippen LogP contribution in [-0.4, -0.2) is 50.1 Å². The molecule has 0 N–H and O–H groups in total. The van der Waals surface area contributed by atoms with E-state index in [0.717, 1.165) is 11.8 Å². The van der Waals surface area contributed by atoms with Crippen molar-refractivity contribution in [3.05, 3.63) is 0 Å². The van der Waals surface area contributed by atoms with E-state index in [4.69, 9.17) is 0 Å². The highest BCUT2D eigenvalue weighted by atomic mass is 15.1. The highest BCUT2D eigenvalue weighted by Crippen LogP contribution is 2.73. The van der Waals surface area contributed by atoms with Crippen molar-refractivity contribution < 1.29 is 0 Å². The molecule has 3 aliphatic rings. The first-order chi connectivity index (χ1) is 8.96. The van der Waals surface area contributed by atoms with Gasteiger partial charge in [0.25, 0.3) is 0 Å². The molecule has 19 heavy (non-hydrogen) atoms. The van der Waals surface area contributed by atoms with Crippen molar-refractivity contribution >= 4 is 0 Å². The molecular weight excluding hydrogens is 232 g/mol. The molecule has 2 nitrogen and oxygen atoms in total. The smallest absolute Gasteiger partial charge is 0.00189 e. The third-order valence-electron chi connectivity index (χ3n) is 7.15. The number of likely N-dealkylation sites (tertiary alicyclic amines) is 2. The molecule has 0 amide bonds. The van der Waals surface area contributed by atoms with Crippen LogP contribution in [0.5, 0.6) is 0 Å². The lowest BCUT2D eigenvalue weighted by Crippen LogP contribution is -2.38. The van der Waals surface area contributed by atoms with Gasteiger partial charge in [0.2, 0.25) is 0 Å². The zero-order chi connectivity index (χ0) is 13.7. The van der Waals surface area contributed by atoms with E-state index in [1.54, 1.807) is 0 Å². The Morgan fingerprint density at radius 2 is 1.00 bits per heavy atom. The fourth-order valence-corrected chi connectivity index (χ4v) is 5.23. The average molecular weight is 264 g/mol. The van der Waals surface area contributed by atoms with E-state index in [2.05, 4.69) is 37.7 Å². The van der Waals surface area contributed by atoms with Crippen molar-refractivity contribution in [3.8, 4) is 0 Å². The Hall–Kier alpha value is -0.0800. The lowest BCUT2D eigenvalue weighted by molar-refractivity contribution is 0.0922. The number of hydrogen-bond donors (Lipinski definition) is 0. The van der Waals surface area contributed by atoms with Gasteiger partial charge in [-0.05, 0) is 95.0 Å². The van der Waals surface area contributed by atoms with Crippen LogP contribution in [0.1, 0.15) is 46.0 Å². The van der Waals surface area contributed by atoms with Gasteiger partial charge in [-0.3, -0.25) is 0 Å². The zero-order valence-electron chi connectivity index (χ0n) is 13.4. The molecule has 0 radical (unpaired) electrons. The van der Waals surface area contributed by atoms with Crippen LogP contribution in [0.3, 0.4) is 0 Å². The predicted molar refractivity (Wildman–Crippen MR) is 81.3 cm³/mol. The molecule has 2 saturated heterocycles. The Kier molecular flexibility index (Phi) is 3.46. The molecular formula is C17H32N2. The molecule has 1 aliphatic carbocycles. The molecule has 2 unspecified atom stereocenters. The Morgan fingerprint density at radius 1 is 0.684 bits per heavy atom. The summed E-state index contributed by atoms with van der Waals surface area (Å²) in [5, 5.41) is 0. The molecule has 0 aromatic rings. The summed E-state index contributed by atoms with van der Waals surface area (Å²) in [4.78, 5) is 5.02. The number of rotatable bonds is 2. The summed E-state index contributed by atoms with van der Waals surface area (Å²) in [5.74, 6) is 1.99.